The third-order valence-corrected chi connectivity index (χ3v) is 5.59. The van der Waals surface area contributed by atoms with Crippen molar-refractivity contribution in [3.8, 4) is 11.4 Å². The third kappa shape index (κ3) is 3.81. The summed E-state index contributed by atoms with van der Waals surface area (Å²) >= 11 is 19.6. The number of nitro groups is 1. The molecule has 6 nitrogen and oxygen atoms in total. The lowest BCUT2D eigenvalue weighted by molar-refractivity contribution is -0.385. The molecule has 1 aromatic heterocycles. The molecule has 0 bridgehead atoms. The Hall–Kier alpha value is -1.80. The maximum absolute atomic E-state index is 11.2. The molecule has 10 heteroatoms. The van der Waals surface area contributed by atoms with Crippen molar-refractivity contribution in [1.29, 1.82) is 0 Å². The molecule has 0 unspecified atom stereocenters. The molecular weight excluding hydrogens is 419 g/mol. The van der Waals surface area contributed by atoms with Crippen molar-refractivity contribution < 1.29 is 4.92 Å². The van der Waals surface area contributed by atoms with Gasteiger partial charge in [-0.25, -0.2) is 0 Å². The van der Waals surface area contributed by atoms with Gasteiger partial charge >= 0.3 is 0 Å². The van der Waals surface area contributed by atoms with Gasteiger partial charge in [0.05, 0.1) is 20.5 Å². The average Bonchev–Trinajstić information content (AvgIpc) is 2.94. The first kappa shape index (κ1) is 19.0. The van der Waals surface area contributed by atoms with Crippen LogP contribution < -0.4 is 0 Å². The Morgan fingerprint density at radius 3 is 2.62 bits per heavy atom. The minimum Gasteiger partial charge on any atom is -0.305 e. The van der Waals surface area contributed by atoms with Crippen molar-refractivity contribution in [2.24, 2.45) is 7.05 Å². The van der Waals surface area contributed by atoms with Crippen molar-refractivity contribution in [3.05, 3.63) is 67.1 Å². The molecule has 0 saturated carbocycles. The lowest BCUT2D eigenvalue weighted by Gasteiger charge is -2.07. The van der Waals surface area contributed by atoms with Gasteiger partial charge in [-0.05, 0) is 24.3 Å². The Kier molecular flexibility index (Phi) is 5.72. The summed E-state index contributed by atoms with van der Waals surface area (Å²) in [6.07, 6.45) is 0. The molecule has 0 radical (unpaired) electrons. The van der Waals surface area contributed by atoms with Crippen LogP contribution >= 0.6 is 46.6 Å². The number of thioether (sulfide) groups is 1. The fraction of sp³-hybridized carbons (Fsp3) is 0.125. The second-order valence-electron chi connectivity index (χ2n) is 5.27. The molecule has 1 heterocycles. The minimum atomic E-state index is -0.447. The maximum atomic E-state index is 11.2. The van der Waals surface area contributed by atoms with E-state index in [1.165, 1.54) is 17.8 Å². The van der Waals surface area contributed by atoms with Gasteiger partial charge in [-0.2, -0.15) is 0 Å². The zero-order valence-corrected chi connectivity index (χ0v) is 16.4. The van der Waals surface area contributed by atoms with Gasteiger partial charge in [-0.1, -0.05) is 52.6 Å². The SMILES string of the molecule is Cn1c(SCc2c(Cl)cccc2[N+](=O)[O-])nnc1-c1ccc(Cl)cc1Cl. The third-order valence-electron chi connectivity index (χ3n) is 3.64. The smallest absolute Gasteiger partial charge is 0.274 e. The van der Waals surface area contributed by atoms with Crippen molar-refractivity contribution >= 4 is 52.3 Å². The molecule has 134 valence electrons. The van der Waals surface area contributed by atoms with Crippen molar-refractivity contribution in [2.45, 2.75) is 10.9 Å². The number of aromatic nitrogens is 3. The van der Waals surface area contributed by atoms with E-state index in [0.717, 1.165) is 0 Å². The van der Waals surface area contributed by atoms with Crippen LogP contribution in [0.25, 0.3) is 11.4 Å². The molecule has 0 saturated heterocycles. The summed E-state index contributed by atoms with van der Waals surface area (Å²) in [6.45, 7) is 0. The molecule has 0 fully saturated rings. The summed E-state index contributed by atoms with van der Waals surface area (Å²) in [5.41, 5.74) is 1.12. The molecule has 0 aliphatic carbocycles. The van der Waals surface area contributed by atoms with E-state index in [0.29, 0.717) is 37.2 Å². The number of benzene rings is 2. The van der Waals surface area contributed by atoms with Gasteiger partial charge < -0.3 is 4.57 Å². The Morgan fingerprint density at radius 2 is 1.92 bits per heavy atom. The Morgan fingerprint density at radius 1 is 1.15 bits per heavy atom. The van der Waals surface area contributed by atoms with Crippen LogP contribution in [0.15, 0.2) is 41.6 Å². The Labute approximate surface area is 168 Å². The van der Waals surface area contributed by atoms with E-state index in [2.05, 4.69) is 10.2 Å². The maximum Gasteiger partial charge on any atom is 0.274 e. The molecule has 0 N–H and O–H groups in total. The Balaban J connectivity index is 1.88. The van der Waals surface area contributed by atoms with Crippen LogP contribution in [0, 0.1) is 10.1 Å². The van der Waals surface area contributed by atoms with Crippen molar-refractivity contribution in [3.63, 3.8) is 0 Å². The van der Waals surface area contributed by atoms with E-state index >= 15 is 0 Å². The average molecular weight is 430 g/mol. The highest BCUT2D eigenvalue weighted by Crippen LogP contribution is 2.34. The molecule has 0 amide bonds. The van der Waals surface area contributed by atoms with Crippen LogP contribution in [-0.4, -0.2) is 19.7 Å². The van der Waals surface area contributed by atoms with Gasteiger partial charge in [-0.3, -0.25) is 10.1 Å². The molecule has 3 aromatic rings. The topological polar surface area (TPSA) is 73.8 Å². The van der Waals surface area contributed by atoms with E-state index in [1.54, 1.807) is 41.9 Å². The van der Waals surface area contributed by atoms with Gasteiger partial charge in [0, 0.05) is 29.5 Å². The first-order chi connectivity index (χ1) is 12.4. The zero-order valence-electron chi connectivity index (χ0n) is 13.3. The predicted octanol–water partition coefficient (Wildman–Crippen LogP) is 5.64. The monoisotopic (exact) mass is 428 g/mol. The molecule has 0 aliphatic rings. The molecule has 0 spiro atoms. The van der Waals surface area contributed by atoms with Gasteiger partial charge in [0.1, 0.15) is 0 Å². The number of halogens is 3. The van der Waals surface area contributed by atoms with E-state index < -0.39 is 4.92 Å². The highest BCUT2D eigenvalue weighted by molar-refractivity contribution is 7.98. The van der Waals surface area contributed by atoms with Crippen molar-refractivity contribution in [1.82, 2.24) is 14.8 Å². The van der Waals surface area contributed by atoms with E-state index in [1.807, 2.05) is 0 Å². The molecule has 3 rings (SSSR count). The first-order valence-corrected chi connectivity index (χ1v) is 9.40. The summed E-state index contributed by atoms with van der Waals surface area (Å²) in [7, 11) is 1.80. The molecule has 0 atom stereocenters. The fourth-order valence-corrected chi connectivity index (χ4v) is 4.11. The first-order valence-electron chi connectivity index (χ1n) is 7.28. The predicted molar refractivity (Wildman–Crippen MR) is 104 cm³/mol. The number of hydrogen-bond donors (Lipinski definition) is 0. The number of nitrogens with zero attached hydrogens (tertiary/aromatic N) is 4. The summed E-state index contributed by atoms with van der Waals surface area (Å²) in [5, 5.41) is 21.4. The summed E-state index contributed by atoms with van der Waals surface area (Å²) < 4.78 is 1.77. The minimum absolute atomic E-state index is 0.0202. The number of nitro benzene ring substituents is 1. The number of hydrogen-bond acceptors (Lipinski definition) is 5. The van der Waals surface area contributed by atoms with Gasteiger partial charge in [-0.15, -0.1) is 10.2 Å². The summed E-state index contributed by atoms with van der Waals surface area (Å²) in [5.74, 6) is 0.860. The largest absolute Gasteiger partial charge is 0.305 e. The van der Waals surface area contributed by atoms with Crippen LogP contribution in [0.1, 0.15) is 5.56 Å². The van der Waals surface area contributed by atoms with Crippen LogP contribution in [0.5, 0.6) is 0 Å². The van der Waals surface area contributed by atoms with Crippen LogP contribution in [-0.2, 0) is 12.8 Å². The Bertz CT molecular complexity index is 994. The van der Waals surface area contributed by atoms with E-state index in [4.69, 9.17) is 34.8 Å². The molecule has 26 heavy (non-hydrogen) atoms. The van der Waals surface area contributed by atoms with Gasteiger partial charge in [0.15, 0.2) is 11.0 Å². The lowest BCUT2D eigenvalue weighted by Crippen LogP contribution is -1.98. The highest BCUT2D eigenvalue weighted by atomic mass is 35.5. The summed E-state index contributed by atoms with van der Waals surface area (Å²) in [4.78, 5) is 10.7. The van der Waals surface area contributed by atoms with Gasteiger partial charge in [0.2, 0.25) is 0 Å². The second-order valence-corrected chi connectivity index (χ2v) is 7.47. The standard InChI is InChI=1S/C16H11Cl3N4O2S/c1-22-15(10-6-5-9(17)7-13(10)19)20-21-16(22)26-8-11-12(18)3-2-4-14(11)23(24)25/h2-7H,8H2,1H3. The van der Waals surface area contributed by atoms with E-state index in [-0.39, 0.29) is 11.4 Å². The summed E-state index contributed by atoms with van der Waals surface area (Å²) in [6, 6.07) is 9.72. The number of rotatable bonds is 5. The normalized spacial score (nSPS) is 10.9. The fourth-order valence-electron chi connectivity index (χ4n) is 2.34. The van der Waals surface area contributed by atoms with Gasteiger partial charge in [0.25, 0.3) is 5.69 Å². The molecular formula is C16H11Cl3N4O2S. The van der Waals surface area contributed by atoms with E-state index in [9.17, 15) is 10.1 Å². The zero-order chi connectivity index (χ0) is 18.8. The highest BCUT2D eigenvalue weighted by Gasteiger charge is 2.19. The quantitative estimate of drug-likeness (QED) is 0.298. The van der Waals surface area contributed by atoms with Crippen LogP contribution in [0.4, 0.5) is 5.69 Å². The lowest BCUT2D eigenvalue weighted by atomic mass is 10.2. The van der Waals surface area contributed by atoms with Crippen LogP contribution in [0.3, 0.4) is 0 Å². The van der Waals surface area contributed by atoms with Crippen molar-refractivity contribution in [2.75, 3.05) is 0 Å². The second kappa shape index (κ2) is 7.84. The molecule has 0 aliphatic heterocycles. The molecule has 2 aromatic carbocycles. The van der Waals surface area contributed by atoms with Crippen LogP contribution in [0.2, 0.25) is 15.1 Å².